The molecule has 0 aliphatic heterocycles. The van der Waals surface area contributed by atoms with Crippen LogP contribution in [0.5, 0.6) is 0 Å². The van der Waals surface area contributed by atoms with Crippen LogP contribution in [0.2, 0.25) is 0 Å². The first-order valence-corrected chi connectivity index (χ1v) is 35.9. The normalized spacial score (nSPS) is 12.5. The molecular weight excluding hydrogens is 1010 g/mol. The fourth-order valence-corrected chi connectivity index (χ4v) is 10.5. The van der Waals surface area contributed by atoms with E-state index in [1.54, 1.807) is 0 Å². The molecule has 0 aromatic carbocycles. The van der Waals surface area contributed by atoms with Gasteiger partial charge in [-0.2, -0.15) is 0 Å². The van der Waals surface area contributed by atoms with E-state index in [1.807, 2.05) is 0 Å². The molecule has 6 nitrogen and oxygen atoms in total. The second-order valence-electron chi connectivity index (χ2n) is 24.1. The zero-order valence-corrected chi connectivity index (χ0v) is 54.8. The van der Waals surface area contributed by atoms with Gasteiger partial charge in [0.15, 0.2) is 6.10 Å². The van der Waals surface area contributed by atoms with Crippen LogP contribution in [0.25, 0.3) is 0 Å². The minimum absolute atomic E-state index is 0.0814. The van der Waals surface area contributed by atoms with Gasteiger partial charge in [0.2, 0.25) is 0 Å². The molecule has 0 N–H and O–H groups in total. The SMILES string of the molecule is CC/C=C\C/C=C\C/C=C\CCCCCCCC(=O)OCC(COC(=O)CCCCCCCCCCCCCCCCCCCCC/C=C\CCCCCCCCCC)OC(=O)CCCCCCCCC/C=C\C/C=C\CCCCCC. The van der Waals surface area contributed by atoms with Gasteiger partial charge < -0.3 is 14.2 Å². The Bertz CT molecular complexity index is 1500. The summed E-state index contributed by atoms with van der Waals surface area (Å²) in [6.45, 7) is 6.54. The fraction of sp³-hybridized carbons (Fsp3) is 0.803. The first-order valence-electron chi connectivity index (χ1n) is 35.9. The highest BCUT2D eigenvalue weighted by molar-refractivity contribution is 5.71. The number of hydrogen-bond donors (Lipinski definition) is 0. The summed E-state index contributed by atoms with van der Waals surface area (Å²) >= 11 is 0. The highest BCUT2D eigenvalue weighted by atomic mass is 16.6. The van der Waals surface area contributed by atoms with Crippen molar-refractivity contribution in [3.63, 3.8) is 0 Å². The van der Waals surface area contributed by atoms with Gasteiger partial charge >= 0.3 is 17.9 Å². The molecule has 0 amide bonds. The van der Waals surface area contributed by atoms with Crippen molar-refractivity contribution >= 4 is 17.9 Å². The van der Waals surface area contributed by atoms with Crippen LogP contribution in [0.15, 0.2) is 72.9 Å². The Balaban J connectivity index is 4.21. The van der Waals surface area contributed by atoms with Crippen molar-refractivity contribution in [2.45, 2.75) is 380 Å². The predicted molar refractivity (Wildman–Crippen MR) is 358 cm³/mol. The van der Waals surface area contributed by atoms with Gasteiger partial charge in [-0.25, -0.2) is 0 Å². The summed E-state index contributed by atoms with van der Waals surface area (Å²) in [5.74, 6) is -0.887. The molecule has 0 radical (unpaired) electrons. The van der Waals surface area contributed by atoms with Crippen LogP contribution >= 0.6 is 0 Å². The van der Waals surface area contributed by atoms with Crippen molar-refractivity contribution in [3.05, 3.63) is 72.9 Å². The van der Waals surface area contributed by atoms with E-state index in [4.69, 9.17) is 14.2 Å². The number of unbranched alkanes of at least 4 members (excludes halogenated alkanes) is 43. The van der Waals surface area contributed by atoms with Crippen LogP contribution in [-0.2, 0) is 28.6 Å². The molecule has 0 saturated carbocycles. The summed E-state index contributed by atoms with van der Waals surface area (Å²) in [5.41, 5.74) is 0. The van der Waals surface area contributed by atoms with Crippen LogP contribution in [-0.4, -0.2) is 37.2 Å². The molecule has 0 aromatic rings. The molecule has 0 bridgehead atoms. The van der Waals surface area contributed by atoms with Crippen LogP contribution < -0.4 is 0 Å². The topological polar surface area (TPSA) is 78.9 Å². The number of carbonyl (C=O) groups excluding carboxylic acids is 3. The summed E-state index contributed by atoms with van der Waals surface area (Å²) in [7, 11) is 0. The molecule has 0 spiro atoms. The van der Waals surface area contributed by atoms with Crippen LogP contribution in [0.3, 0.4) is 0 Å². The Hall–Kier alpha value is -3.15. The lowest BCUT2D eigenvalue weighted by molar-refractivity contribution is -0.167. The highest BCUT2D eigenvalue weighted by Gasteiger charge is 2.19. The summed E-state index contributed by atoms with van der Waals surface area (Å²) in [4.78, 5) is 38.4. The standard InChI is InChI=1S/C76H136O6/c1-4-7-10-13-16-19-22-25-28-30-32-33-34-35-36-37-38-39-40-41-42-43-44-46-48-51-54-57-60-63-66-69-75(78)81-72-73(71-80-74(77)68-65-62-59-56-53-50-47-27-24-21-18-15-12-9-6-3)82-76(79)70-67-64-61-58-55-52-49-45-31-29-26-23-20-17-14-11-8-5-2/h9,12,18,20-21,23,27,29-32,47,73H,4-8,10-11,13-17,19,22,24-26,28,33-46,48-72H2,1-3H3/b12-9-,21-18-,23-20-,31-29-,32-30-,47-27-. The Morgan fingerprint density at radius 2 is 0.476 bits per heavy atom. The maximum absolute atomic E-state index is 12.9. The summed E-state index contributed by atoms with van der Waals surface area (Å²) in [6.07, 6.45) is 92.3. The van der Waals surface area contributed by atoms with E-state index in [2.05, 4.69) is 93.7 Å². The Morgan fingerprint density at radius 3 is 0.768 bits per heavy atom. The average molecular weight is 1150 g/mol. The summed E-state index contributed by atoms with van der Waals surface area (Å²) < 4.78 is 17.0. The molecule has 0 aliphatic rings. The van der Waals surface area contributed by atoms with Gasteiger partial charge in [0.1, 0.15) is 13.2 Å². The molecule has 0 aromatic heterocycles. The molecule has 1 atom stereocenters. The molecule has 0 aliphatic carbocycles. The molecule has 6 heteroatoms. The Kier molecular flexibility index (Phi) is 67.6. The first-order chi connectivity index (χ1) is 40.5. The molecule has 0 heterocycles. The number of carbonyl (C=O) groups is 3. The lowest BCUT2D eigenvalue weighted by atomic mass is 10.0. The number of hydrogen-bond acceptors (Lipinski definition) is 6. The van der Waals surface area contributed by atoms with Gasteiger partial charge in [0.05, 0.1) is 0 Å². The Labute approximate surface area is 510 Å². The highest BCUT2D eigenvalue weighted by Crippen LogP contribution is 2.18. The van der Waals surface area contributed by atoms with E-state index in [1.165, 1.54) is 225 Å². The third kappa shape index (κ3) is 67.6. The van der Waals surface area contributed by atoms with Crippen molar-refractivity contribution in [1.29, 1.82) is 0 Å². The maximum Gasteiger partial charge on any atom is 0.306 e. The molecule has 0 rings (SSSR count). The van der Waals surface area contributed by atoms with Crippen molar-refractivity contribution < 1.29 is 28.6 Å². The van der Waals surface area contributed by atoms with E-state index < -0.39 is 6.10 Å². The van der Waals surface area contributed by atoms with Gasteiger partial charge in [-0.05, 0) is 109 Å². The second kappa shape index (κ2) is 70.3. The minimum atomic E-state index is -0.788. The van der Waals surface area contributed by atoms with E-state index in [-0.39, 0.29) is 31.1 Å². The molecule has 82 heavy (non-hydrogen) atoms. The number of esters is 3. The number of rotatable bonds is 66. The van der Waals surface area contributed by atoms with E-state index in [0.29, 0.717) is 19.3 Å². The third-order valence-electron chi connectivity index (χ3n) is 15.9. The van der Waals surface area contributed by atoms with Gasteiger partial charge in [0.25, 0.3) is 0 Å². The average Bonchev–Trinajstić information content (AvgIpc) is 3.47. The third-order valence-corrected chi connectivity index (χ3v) is 15.9. The molecule has 0 fully saturated rings. The quantitative estimate of drug-likeness (QED) is 0.0261. The van der Waals surface area contributed by atoms with Crippen molar-refractivity contribution in [2.24, 2.45) is 0 Å². The van der Waals surface area contributed by atoms with Crippen molar-refractivity contribution in [3.8, 4) is 0 Å². The molecule has 0 saturated heterocycles. The van der Waals surface area contributed by atoms with Crippen molar-refractivity contribution in [1.82, 2.24) is 0 Å². The van der Waals surface area contributed by atoms with Gasteiger partial charge in [-0.3, -0.25) is 14.4 Å². The zero-order valence-electron chi connectivity index (χ0n) is 54.8. The van der Waals surface area contributed by atoms with Gasteiger partial charge in [-0.15, -0.1) is 0 Å². The first kappa shape index (κ1) is 78.8. The summed E-state index contributed by atoms with van der Waals surface area (Å²) in [6, 6.07) is 0. The molecule has 476 valence electrons. The monoisotopic (exact) mass is 1150 g/mol. The fourth-order valence-electron chi connectivity index (χ4n) is 10.5. The van der Waals surface area contributed by atoms with E-state index >= 15 is 0 Å². The number of ether oxygens (including phenoxy) is 3. The van der Waals surface area contributed by atoms with Crippen LogP contribution in [0.4, 0.5) is 0 Å². The van der Waals surface area contributed by atoms with Crippen molar-refractivity contribution in [2.75, 3.05) is 13.2 Å². The molecule has 1 unspecified atom stereocenters. The maximum atomic E-state index is 12.9. The van der Waals surface area contributed by atoms with E-state index in [0.717, 1.165) is 109 Å². The zero-order chi connectivity index (χ0) is 59.2. The van der Waals surface area contributed by atoms with Crippen LogP contribution in [0.1, 0.15) is 374 Å². The smallest absolute Gasteiger partial charge is 0.306 e. The number of allylic oxidation sites excluding steroid dienone is 12. The lowest BCUT2D eigenvalue weighted by Gasteiger charge is -2.18. The minimum Gasteiger partial charge on any atom is -0.462 e. The van der Waals surface area contributed by atoms with E-state index in [9.17, 15) is 14.4 Å². The van der Waals surface area contributed by atoms with Gasteiger partial charge in [-0.1, -0.05) is 318 Å². The van der Waals surface area contributed by atoms with Gasteiger partial charge in [0, 0.05) is 19.3 Å². The largest absolute Gasteiger partial charge is 0.462 e. The lowest BCUT2D eigenvalue weighted by Crippen LogP contribution is -2.30. The second-order valence-corrected chi connectivity index (χ2v) is 24.1. The molecular formula is C76H136O6. The predicted octanol–water partition coefficient (Wildman–Crippen LogP) is 24.8. The summed E-state index contributed by atoms with van der Waals surface area (Å²) in [5, 5.41) is 0. The Morgan fingerprint density at radius 1 is 0.256 bits per heavy atom. The van der Waals surface area contributed by atoms with Crippen LogP contribution in [0, 0.1) is 0 Å².